The summed E-state index contributed by atoms with van der Waals surface area (Å²) in [6, 6.07) is 20.0. The van der Waals surface area contributed by atoms with Gasteiger partial charge in [-0.1, -0.05) is 42.5 Å². The number of nitrogens with one attached hydrogen (secondary N) is 2. The number of rotatable bonds is 7. The van der Waals surface area contributed by atoms with Crippen LogP contribution in [0.1, 0.15) is 11.1 Å². The summed E-state index contributed by atoms with van der Waals surface area (Å²) in [5.74, 6) is 2.25. The smallest absolute Gasteiger partial charge is 0.224 e. The number of hydrogen-bond acceptors (Lipinski definition) is 5. The van der Waals surface area contributed by atoms with Gasteiger partial charge in [-0.25, -0.2) is 4.98 Å². The van der Waals surface area contributed by atoms with Gasteiger partial charge in [-0.15, -0.1) is 0 Å². The summed E-state index contributed by atoms with van der Waals surface area (Å²) in [5, 5.41) is 6.54. The molecule has 0 bridgehead atoms. The fourth-order valence-corrected chi connectivity index (χ4v) is 2.26. The third-order valence-corrected chi connectivity index (χ3v) is 3.58. The fourth-order valence-electron chi connectivity index (χ4n) is 2.26. The molecule has 3 aromatic rings. The van der Waals surface area contributed by atoms with Crippen molar-refractivity contribution in [2.75, 3.05) is 17.7 Å². The Hall–Kier alpha value is -3.08. The summed E-state index contributed by atoms with van der Waals surface area (Å²) < 4.78 is 5.16. The molecule has 0 atom stereocenters. The molecule has 5 nitrogen and oxygen atoms in total. The molecular formula is C19H20N4O. The van der Waals surface area contributed by atoms with E-state index in [9.17, 15) is 0 Å². The molecule has 0 fully saturated rings. The third kappa shape index (κ3) is 4.46. The first-order valence-corrected chi connectivity index (χ1v) is 7.81. The zero-order chi connectivity index (χ0) is 16.6. The molecule has 2 N–H and O–H groups in total. The Morgan fingerprint density at radius 1 is 0.833 bits per heavy atom. The van der Waals surface area contributed by atoms with Gasteiger partial charge in [0.05, 0.1) is 7.11 Å². The Kier molecular flexibility index (Phi) is 5.24. The van der Waals surface area contributed by atoms with Gasteiger partial charge in [-0.2, -0.15) is 4.98 Å². The van der Waals surface area contributed by atoms with Gasteiger partial charge in [-0.05, 0) is 29.3 Å². The van der Waals surface area contributed by atoms with Gasteiger partial charge < -0.3 is 15.4 Å². The first kappa shape index (κ1) is 15.8. The fraction of sp³-hybridized carbons (Fsp3) is 0.158. The van der Waals surface area contributed by atoms with E-state index in [1.54, 1.807) is 13.3 Å². The van der Waals surface area contributed by atoms with Gasteiger partial charge in [0.2, 0.25) is 5.95 Å². The highest BCUT2D eigenvalue weighted by Crippen LogP contribution is 2.13. The Bertz CT molecular complexity index is 760. The lowest BCUT2D eigenvalue weighted by Crippen LogP contribution is -2.06. The van der Waals surface area contributed by atoms with E-state index in [-0.39, 0.29) is 0 Å². The van der Waals surface area contributed by atoms with Crippen molar-refractivity contribution < 1.29 is 4.74 Å². The minimum Gasteiger partial charge on any atom is -0.497 e. The van der Waals surface area contributed by atoms with Crippen LogP contribution in [0.2, 0.25) is 0 Å². The molecular weight excluding hydrogens is 300 g/mol. The van der Waals surface area contributed by atoms with Crippen LogP contribution in [0.25, 0.3) is 0 Å². The zero-order valence-electron chi connectivity index (χ0n) is 13.6. The lowest BCUT2D eigenvalue weighted by Gasteiger charge is -2.09. The second-order valence-electron chi connectivity index (χ2n) is 5.31. The Balaban J connectivity index is 1.56. The molecule has 1 aromatic heterocycles. The van der Waals surface area contributed by atoms with Crippen molar-refractivity contribution in [3.8, 4) is 5.75 Å². The number of methoxy groups -OCH3 is 1. The maximum atomic E-state index is 5.16. The number of hydrogen-bond donors (Lipinski definition) is 2. The SMILES string of the molecule is COc1ccc(CNc2ccnc(NCc3ccccc3)n2)cc1. The van der Waals surface area contributed by atoms with Crippen LogP contribution in [-0.2, 0) is 13.1 Å². The highest BCUT2D eigenvalue weighted by atomic mass is 16.5. The van der Waals surface area contributed by atoms with Gasteiger partial charge in [0.25, 0.3) is 0 Å². The van der Waals surface area contributed by atoms with E-state index in [1.807, 2.05) is 48.5 Å². The van der Waals surface area contributed by atoms with Crippen LogP contribution < -0.4 is 15.4 Å². The van der Waals surface area contributed by atoms with E-state index >= 15 is 0 Å². The predicted octanol–water partition coefficient (Wildman–Crippen LogP) is 3.71. The summed E-state index contributed by atoms with van der Waals surface area (Å²) in [6.45, 7) is 1.39. The monoisotopic (exact) mass is 320 g/mol. The van der Waals surface area contributed by atoms with E-state index in [4.69, 9.17) is 4.74 Å². The maximum Gasteiger partial charge on any atom is 0.224 e. The summed E-state index contributed by atoms with van der Waals surface area (Å²) in [6.07, 6.45) is 1.75. The Labute approximate surface area is 141 Å². The number of nitrogens with zero attached hydrogens (tertiary/aromatic N) is 2. The van der Waals surface area contributed by atoms with Gasteiger partial charge in [0.15, 0.2) is 0 Å². The molecule has 0 aliphatic heterocycles. The molecule has 5 heteroatoms. The number of ether oxygens (including phenoxy) is 1. The molecule has 0 saturated heterocycles. The summed E-state index contributed by atoms with van der Waals surface area (Å²) in [4.78, 5) is 8.73. The van der Waals surface area contributed by atoms with Crippen LogP contribution in [0.5, 0.6) is 5.75 Å². The lowest BCUT2D eigenvalue weighted by atomic mass is 10.2. The molecule has 3 rings (SSSR count). The average Bonchev–Trinajstić information content (AvgIpc) is 2.66. The van der Waals surface area contributed by atoms with Crippen molar-refractivity contribution in [3.63, 3.8) is 0 Å². The van der Waals surface area contributed by atoms with E-state index in [0.29, 0.717) is 19.0 Å². The van der Waals surface area contributed by atoms with Crippen LogP contribution in [0.3, 0.4) is 0 Å². The lowest BCUT2D eigenvalue weighted by molar-refractivity contribution is 0.414. The van der Waals surface area contributed by atoms with Crippen molar-refractivity contribution in [2.45, 2.75) is 13.1 Å². The van der Waals surface area contributed by atoms with Crippen molar-refractivity contribution >= 4 is 11.8 Å². The van der Waals surface area contributed by atoms with Gasteiger partial charge in [0.1, 0.15) is 11.6 Å². The molecule has 0 aliphatic carbocycles. The van der Waals surface area contributed by atoms with E-state index in [2.05, 4.69) is 32.7 Å². The highest BCUT2D eigenvalue weighted by molar-refractivity contribution is 5.41. The summed E-state index contributed by atoms with van der Waals surface area (Å²) in [7, 11) is 1.66. The Morgan fingerprint density at radius 2 is 1.54 bits per heavy atom. The molecule has 0 amide bonds. The second-order valence-corrected chi connectivity index (χ2v) is 5.31. The predicted molar refractivity (Wildman–Crippen MR) is 96.1 cm³/mol. The highest BCUT2D eigenvalue weighted by Gasteiger charge is 2.00. The van der Waals surface area contributed by atoms with Crippen molar-refractivity contribution in [1.29, 1.82) is 0 Å². The molecule has 122 valence electrons. The minimum atomic E-state index is 0.610. The van der Waals surface area contributed by atoms with Crippen LogP contribution >= 0.6 is 0 Å². The van der Waals surface area contributed by atoms with Gasteiger partial charge in [0, 0.05) is 19.3 Å². The molecule has 0 aliphatic rings. The molecule has 0 spiro atoms. The van der Waals surface area contributed by atoms with Gasteiger partial charge >= 0.3 is 0 Å². The van der Waals surface area contributed by atoms with Gasteiger partial charge in [-0.3, -0.25) is 0 Å². The van der Waals surface area contributed by atoms with E-state index < -0.39 is 0 Å². The molecule has 2 aromatic carbocycles. The topological polar surface area (TPSA) is 59.1 Å². The molecule has 24 heavy (non-hydrogen) atoms. The summed E-state index contributed by atoms with van der Waals surface area (Å²) >= 11 is 0. The van der Waals surface area contributed by atoms with Crippen LogP contribution in [-0.4, -0.2) is 17.1 Å². The quantitative estimate of drug-likeness (QED) is 0.695. The largest absolute Gasteiger partial charge is 0.497 e. The third-order valence-electron chi connectivity index (χ3n) is 3.58. The Morgan fingerprint density at radius 3 is 2.29 bits per heavy atom. The molecule has 1 heterocycles. The molecule has 0 radical (unpaired) electrons. The molecule has 0 saturated carbocycles. The van der Waals surface area contributed by atoms with Crippen LogP contribution in [0.4, 0.5) is 11.8 Å². The first-order valence-electron chi connectivity index (χ1n) is 7.81. The number of aromatic nitrogens is 2. The standard InChI is InChI=1S/C19H20N4O/c1-24-17-9-7-16(8-10-17)13-21-18-11-12-20-19(23-18)22-14-15-5-3-2-4-6-15/h2-12H,13-14H2,1H3,(H2,20,21,22,23). The molecule has 0 unspecified atom stereocenters. The summed E-state index contributed by atoms with van der Waals surface area (Å²) in [5.41, 5.74) is 2.35. The van der Waals surface area contributed by atoms with Crippen molar-refractivity contribution in [3.05, 3.63) is 78.0 Å². The van der Waals surface area contributed by atoms with E-state index in [0.717, 1.165) is 17.1 Å². The zero-order valence-corrected chi connectivity index (χ0v) is 13.6. The maximum absolute atomic E-state index is 5.16. The van der Waals surface area contributed by atoms with E-state index in [1.165, 1.54) is 5.56 Å². The average molecular weight is 320 g/mol. The van der Waals surface area contributed by atoms with Crippen molar-refractivity contribution in [1.82, 2.24) is 9.97 Å². The van der Waals surface area contributed by atoms with Crippen LogP contribution in [0, 0.1) is 0 Å². The van der Waals surface area contributed by atoms with Crippen LogP contribution in [0.15, 0.2) is 66.9 Å². The second kappa shape index (κ2) is 7.97. The number of anilines is 2. The number of benzene rings is 2. The minimum absolute atomic E-state index is 0.610. The first-order chi connectivity index (χ1) is 11.8. The van der Waals surface area contributed by atoms with Crippen molar-refractivity contribution in [2.24, 2.45) is 0 Å². The normalized spacial score (nSPS) is 10.2.